The molecule has 0 radical (unpaired) electrons. The summed E-state index contributed by atoms with van der Waals surface area (Å²) in [4.78, 5) is 0. The van der Waals surface area contributed by atoms with Crippen LogP contribution in [-0.2, 0) is 0 Å². The fraction of sp³-hybridized carbons (Fsp3) is 0. The highest BCUT2D eigenvalue weighted by atomic mass is 35.5. The largest absolute Gasteiger partial charge is 0.382 e. The molecule has 1 heterocycles. The minimum atomic E-state index is -0.475. The third-order valence-electron chi connectivity index (χ3n) is 3.12. The summed E-state index contributed by atoms with van der Waals surface area (Å²) in [5.74, 6) is -0.134. The van der Waals surface area contributed by atoms with Gasteiger partial charge in [0.2, 0.25) is 0 Å². The van der Waals surface area contributed by atoms with E-state index in [1.807, 2.05) is 12.1 Å². The Hall–Kier alpha value is -2.04. The smallest absolute Gasteiger partial charge is 0.153 e. The van der Waals surface area contributed by atoms with Crippen LogP contribution in [0.25, 0.3) is 22.4 Å². The molecule has 0 bridgehead atoms. The van der Waals surface area contributed by atoms with Crippen LogP contribution in [-0.4, -0.2) is 10.2 Å². The maximum atomic E-state index is 13.3. The van der Waals surface area contributed by atoms with E-state index in [1.165, 1.54) is 12.1 Å². The van der Waals surface area contributed by atoms with Gasteiger partial charge in [-0.05, 0) is 35.9 Å². The minimum absolute atomic E-state index is 0.0396. The van der Waals surface area contributed by atoms with Crippen molar-refractivity contribution in [1.82, 2.24) is 10.2 Å². The Morgan fingerprint density at radius 3 is 2.57 bits per heavy atom. The van der Waals surface area contributed by atoms with Crippen molar-refractivity contribution in [3.8, 4) is 22.4 Å². The average molecular weight is 322 g/mol. The number of halogens is 3. The molecule has 0 saturated heterocycles. The molecule has 3 aromatic rings. The lowest BCUT2D eigenvalue weighted by Gasteiger charge is -2.06. The number of aromatic nitrogens is 2. The Morgan fingerprint density at radius 1 is 1.05 bits per heavy atom. The third kappa shape index (κ3) is 2.60. The molecule has 0 atom stereocenters. The van der Waals surface area contributed by atoms with Crippen molar-refractivity contribution in [3.05, 3.63) is 58.3 Å². The lowest BCUT2D eigenvalue weighted by atomic mass is 10.0. The molecular weight excluding hydrogens is 312 g/mol. The number of anilines is 1. The molecule has 0 aliphatic carbocycles. The molecule has 0 aliphatic heterocycles. The number of hydrogen-bond donors (Lipinski definition) is 2. The van der Waals surface area contributed by atoms with E-state index in [0.29, 0.717) is 27.7 Å². The summed E-state index contributed by atoms with van der Waals surface area (Å²) in [6, 6.07) is 11.7. The van der Waals surface area contributed by atoms with Crippen LogP contribution in [0.15, 0.2) is 42.5 Å². The molecule has 0 unspecified atom stereocenters. The molecule has 3 nitrogen and oxygen atoms in total. The summed E-state index contributed by atoms with van der Waals surface area (Å²) in [5.41, 5.74) is 8.83. The topological polar surface area (TPSA) is 54.7 Å². The summed E-state index contributed by atoms with van der Waals surface area (Å²) in [5, 5.41) is 7.51. The highest BCUT2D eigenvalue weighted by molar-refractivity contribution is 6.31. The second-order valence-electron chi connectivity index (χ2n) is 4.50. The third-order valence-corrected chi connectivity index (χ3v) is 3.64. The van der Waals surface area contributed by atoms with Gasteiger partial charge in [-0.1, -0.05) is 35.3 Å². The van der Waals surface area contributed by atoms with E-state index in [2.05, 4.69) is 10.2 Å². The first-order valence-corrected chi connectivity index (χ1v) is 6.87. The van der Waals surface area contributed by atoms with Gasteiger partial charge in [0.1, 0.15) is 5.82 Å². The van der Waals surface area contributed by atoms with Gasteiger partial charge in [-0.15, -0.1) is 0 Å². The number of nitrogens with zero attached hydrogens (tertiary/aromatic N) is 1. The van der Waals surface area contributed by atoms with E-state index in [1.54, 1.807) is 18.2 Å². The van der Waals surface area contributed by atoms with Gasteiger partial charge in [-0.25, -0.2) is 4.39 Å². The van der Waals surface area contributed by atoms with Crippen molar-refractivity contribution in [2.45, 2.75) is 0 Å². The normalized spacial score (nSPS) is 10.8. The molecule has 0 aliphatic rings. The number of nitrogens with one attached hydrogen (secondary N) is 1. The standard InChI is InChI=1S/C15H10Cl2FN3/c16-10-3-1-2-8(6-10)13-14(20-21-15(13)19)9-4-5-12(18)11(17)7-9/h1-7H,(H3,19,20,21). The minimum Gasteiger partial charge on any atom is -0.382 e. The highest BCUT2D eigenvalue weighted by Crippen LogP contribution is 2.36. The first-order valence-electron chi connectivity index (χ1n) is 6.11. The van der Waals surface area contributed by atoms with Crippen molar-refractivity contribution < 1.29 is 4.39 Å². The Bertz CT molecular complexity index is 814. The zero-order valence-corrected chi connectivity index (χ0v) is 12.2. The van der Waals surface area contributed by atoms with Gasteiger partial charge in [-0.2, -0.15) is 5.10 Å². The highest BCUT2D eigenvalue weighted by Gasteiger charge is 2.16. The molecule has 1 aromatic heterocycles. The summed E-state index contributed by atoms with van der Waals surface area (Å²) in [7, 11) is 0. The lowest BCUT2D eigenvalue weighted by molar-refractivity contribution is 0.628. The van der Waals surface area contributed by atoms with E-state index in [0.717, 1.165) is 5.56 Å². The van der Waals surface area contributed by atoms with E-state index in [4.69, 9.17) is 28.9 Å². The molecule has 2 aromatic carbocycles. The number of aromatic amines is 1. The fourth-order valence-corrected chi connectivity index (χ4v) is 2.52. The molecule has 3 N–H and O–H groups in total. The molecule has 106 valence electrons. The van der Waals surface area contributed by atoms with Gasteiger partial charge in [0.25, 0.3) is 0 Å². The van der Waals surface area contributed by atoms with Crippen molar-refractivity contribution in [2.24, 2.45) is 0 Å². The average Bonchev–Trinajstić information content (AvgIpc) is 2.84. The van der Waals surface area contributed by atoms with Crippen molar-refractivity contribution in [3.63, 3.8) is 0 Å². The second kappa shape index (κ2) is 5.39. The van der Waals surface area contributed by atoms with Crippen LogP contribution >= 0.6 is 23.2 Å². The molecule has 0 spiro atoms. The summed E-state index contributed by atoms with van der Waals surface area (Å²) < 4.78 is 13.3. The van der Waals surface area contributed by atoms with Gasteiger partial charge in [0.15, 0.2) is 5.82 Å². The van der Waals surface area contributed by atoms with E-state index < -0.39 is 5.82 Å². The fourth-order valence-electron chi connectivity index (χ4n) is 2.15. The monoisotopic (exact) mass is 321 g/mol. The predicted octanol–water partition coefficient (Wildman–Crippen LogP) is 4.77. The van der Waals surface area contributed by atoms with Crippen molar-refractivity contribution >= 4 is 29.0 Å². The SMILES string of the molecule is Nc1n[nH]c(-c2ccc(F)c(Cl)c2)c1-c1cccc(Cl)c1. The zero-order valence-electron chi connectivity index (χ0n) is 10.7. The van der Waals surface area contributed by atoms with Gasteiger partial charge in [0, 0.05) is 10.6 Å². The summed E-state index contributed by atoms with van der Waals surface area (Å²) >= 11 is 11.8. The first-order chi connectivity index (χ1) is 10.1. The first kappa shape index (κ1) is 13.9. The molecule has 0 saturated carbocycles. The van der Waals surface area contributed by atoms with Crippen molar-refractivity contribution in [2.75, 3.05) is 5.73 Å². The van der Waals surface area contributed by atoms with Crippen LogP contribution in [0.1, 0.15) is 0 Å². The molecule has 0 amide bonds. The van der Waals surface area contributed by atoms with E-state index >= 15 is 0 Å². The van der Waals surface area contributed by atoms with E-state index in [9.17, 15) is 4.39 Å². The van der Waals surface area contributed by atoms with Crippen molar-refractivity contribution in [1.29, 1.82) is 0 Å². The Kier molecular flexibility index (Phi) is 3.57. The van der Waals surface area contributed by atoms with Gasteiger partial charge in [-0.3, -0.25) is 5.10 Å². The van der Waals surface area contributed by atoms with Gasteiger partial charge < -0.3 is 5.73 Å². The molecular formula is C15H10Cl2FN3. The number of hydrogen-bond acceptors (Lipinski definition) is 2. The Balaban J connectivity index is 2.19. The van der Waals surface area contributed by atoms with Crippen LogP contribution in [0, 0.1) is 5.82 Å². The van der Waals surface area contributed by atoms with Crippen LogP contribution in [0.2, 0.25) is 10.0 Å². The maximum absolute atomic E-state index is 13.3. The quantitative estimate of drug-likeness (QED) is 0.714. The Labute approximate surface area is 130 Å². The maximum Gasteiger partial charge on any atom is 0.153 e. The lowest BCUT2D eigenvalue weighted by Crippen LogP contribution is -1.89. The van der Waals surface area contributed by atoms with E-state index in [-0.39, 0.29) is 5.02 Å². The second-order valence-corrected chi connectivity index (χ2v) is 5.34. The summed E-state index contributed by atoms with van der Waals surface area (Å²) in [6.07, 6.45) is 0. The number of benzene rings is 2. The number of rotatable bonds is 2. The zero-order chi connectivity index (χ0) is 15.0. The van der Waals surface area contributed by atoms with Gasteiger partial charge >= 0.3 is 0 Å². The Morgan fingerprint density at radius 2 is 1.86 bits per heavy atom. The molecule has 6 heteroatoms. The number of nitrogens with two attached hydrogens (primary N) is 1. The van der Waals surface area contributed by atoms with Crippen LogP contribution < -0.4 is 5.73 Å². The van der Waals surface area contributed by atoms with Crippen LogP contribution in [0.4, 0.5) is 10.2 Å². The number of H-pyrrole nitrogens is 1. The summed E-state index contributed by atoms with van der Waals surface area (Å²) in [6.45, 7) is 0. The molecule has 3 rings (SSSR count). The van der Waals surface area contributed by atoms with Gasteiger partial charge in [0.05, 0.1) is 16.3 Å². The molecule has 0 fully saturated rings. The predicted molar refractivity (Wildman–Crippen MR) is 83.9 cm³/mol. The number of nitrogen functional groups attached to an aromatic ring is 1. The van der Waals surface area contributed by atoms with Crippen LogP contribution in [0.5, 0.6) is 0 Å². The van der Waals surface area contributed by atoms with Crippen LogP contribution in [0.3, 0.4) is 0 Å². The molecule has 21 heavy (non-hydrogen) atoms.